The molecular formula is C11H17N5. The van der Waals surface area contributed by atoms with E-state index in [4.69, 9.17) is 0 Å². The van der Waals surface area contributed by atoms with Gasteiger partial charge in [-0.1, -0.05) is 6.92 Å². The predicted molar refractivity (Wildman–Crippen MR) is 63.1 cm³/mol. The molecule has 16 heavy (non-hydrogen) atoms. The van der Waals surface area contributed by atoms with Gasteiger partial charge in [0.15, 0.2) is 0 Å². The van der Waals surface area contributed by atoms with E-state index in [1.807, 2.05) is 41.8 Å². The SMILES string of the molecule is CCC(Nc1ccnn1C)c1nccn1C. The number of hydrogen-bond acceptors (Lipinski definition) is 3. The lowest BCUT2D eigenvalue weighted by Crippen LogP contribution is -2.16. The van der Waals surface area contributed by atoms with Crippen LogP contribution in [0.5, 0.6) is 0 Å². The van der Waals surface area contributed by atoms with Crippen LogP contribution >= 0.6 is 0 Å². The lowest BCUT2D eigenvalue weighted by molar-refractivity contribution is 0.640. The quantitative estimate of drug-likeness (QED) is 0.851. The molecule has 0 bridgehead atoms. The van der Waals surface area contributed by atoms with Crippen molar-refractivity contribution in [1.29, 1.82) is 0 Å². The maximum absolute atomic E-state index is 4.37. The highest BCUT2D eigenvalue weighted by atomic mass is 15.3. The van der Waals surface area contributed by atoms with E-state index >= 15 is 0 Å². The number of nitrogens with zero attached hydrogens (tertiary/aromatic N) is 4. The van der Waals surface area contributed by atoms with Gasteiger partial charge in [0.1, 0.15) is 11.6 Å². The lowest BCUT2D eigenvalue weighted by Gasteiger charge is -2.17. The fraction of sp³-hybridized carbons (Fsp3) is 0.455. The molecule has 0 aliphatic carbocycles. The van der Waals surface area contributed by atoms with E-state index in [9.17, 15) is 0 Å². The van der Waals surface area contributed by atoms with Gasteiger partial charge in [0, 0.05) is 32.6 Å². The zero-order valence-corrected chi connectivity index (χ0v) is 9.88. The van der Waals surface area contributed by atoms with E-state index in [1.165, 1.54) is 0 Å². The molecule has 1 atom stereocenters. The predicted octanol–water partition coefficient (Wildman–Crippen LogP) is 1.72. The van der Waals surface area contributed by atoms with Gasteiger partial charge in [-0.05, 0) is 6.42 Å². The third kappa shape index (κ3) is 1.93. The molecule has 0 fully saturated rings. The summed E-state index contributed by atoms with van der Waals surface area (Å²) in [6.45, 7) is 2.14. The molecule has 0 spiro atoms. The first-order valence-electron chi connectivity index (χ1n) is 5.44. The van der Waals surface area contributed by atoms with Crippen LogP contribution in [0.15, 0.2) is 24.7 Å². The highest BCUT2D eigenvalue weighted by Gasteiger charge is 2.14. The Morgan fingerprint density at radius 1 is 1.38 bits per heavy atom. The van der Waals surface area contributed by atoms with Crippen molar-refractivity contribution in [2.24, 2.45) is 14.1 Å². The Hall–Kier alpha value is -1.78. The summed E-state index contributed by atoms with van der Waals surface area (Å²) in [6, 6.07) is 2.18. The summed E-state index contributed by atoms with van der Waals surface area (Å²) in [4.78, 5) is 4.37. The minimum absolute atomic E-state index is 0.218. The maximum Gasteiger partial charge on any atom is 0.131 e. The van der Waals surface area contributed by atoms with Crippen molar-refractivity contribution in [3.8, 4) is 0 Å². The van der Waals surface area contributed by atoms with Crippen LogP contribution < -0.4 is 5.32 Å². The van der Waals surface area contributed by atoms with Crippen LogP contribution in [0.4, 0.5) is 5.82 Å². The Bertz CT molecular complexity index is 456. The van der Waals surface area contributed by atoms with Crippen molar-refractivity contribution in [3.05, 3.63) is 30.5 Å². The fourth-order valence-corrected chi connectivity index (χ4v) is 1.76. The van der Waals surface area contributed by atoms with E-state index in [0.717, 1.165) is 18.1 Å². The maximum atomic E-state index is 4.37. The van der Waals surface area contributed by atoms with E-state index in [1.54, 1.807) is 6.20 Å². The normalized spacial score (nSPS) is 12.7. The van der Waals surface area contributed by atoms with Crippen LogP contribution in [0.1, 0.15) is 25.2 Å². The molecule has 2 rings (SSSR count). The molecule has 0 saturated carbocycles. The first kappa shape index (κ1) is 10.7. The molecule has 0 radical (unpaired) electrons. The van der Waals surface area contributed by atoms with E-state index in [0.29, 0.717) is 0 Å². The average molecular weight is 219 g/mol. The second-order valence-corrected chi connectivity index (χ2v) is 3.84. The summed E-state index contributed by atoms with van der Waals surface area (Å²) >= 11 is 0. The second-order valence-electron chi connectivity index (χ2n) is 3.84. The summed E-state index contributed by atoms with van der Waals surface area (Å²) < 4.78 is 3.86. The third-order valence-electron chi connectivity index (χ3n) is 2.72. The van der Waals surface area contributed by atoms with Gasteiger partial charge in [0.05, 0.1) is 12.2 Å². The Kier molecular flexibility index (Phi) is 2.94. The largest absolute Gasteiger partial charge is 0.360 e. The summed E-state index contributed by atoms with van der Waals surface area (Å²) in [7, 11) is 3.93. The van der Waals surface area contributed by atoms with Gasteiger partial charge >= 0.3 is 0 Å². The molecule has 0 aliphatic rings. The zero-order chi connectivity index (χ0) is 11.5. The number of aromatic nitrogens is 4. The van der Waals surface area contributed by atoms with Crippen LogP contribution in [-0.2, 0) is 14.1 Å². The third-order valence-corrected chi connectivity index (χ3v) is 2.72. The monoisotopic (exact) mass is 219 g/mol. The van der Waals surface area contributed by atoms with E-state index in [-0.39, 0.29) is 6.04 Å². The number of nitrogens with one attached hydrogen (secondary N) is 1. The van der Waals surface area contributed by atoms with E-state index in [2.05, 4.69) is 22.3 Å². The van der Waals surface area contributed by atoms with Crippen LogP contribution in [0.25, 0.3) is 0 Å². The molecular weight excluding hydrogens is 202 g/mol. The van der Waals surface area contributed by atoms with Crippen molar-refractivity contribution in [2.45, 2.75) is 19.4 Å². The van der Waals surface area contributed by atoms with Gasteiger partial charge < -0.3 is 9.88 Å². The standard InChI is InChI=1S/C11H17N5/c1-4-9(11-12-7-8-15(11)2)14-10-5-6-13-16(10)3/h5-9,14H,4H2,1-3H3. The molecule has 2 heterocycles. The Balaban J connectivity index is 2.19. The minimum atomic E-state index is 0.218. The number of hydrogen-bond donors (Lipinski definition) is 1. The zero-order valence-electron chi connectivity index (χ0n) is 9.88. The number of imidazole rings is 1. The Morgan fingerprint density at radius 2 is 2.19 bits per heavy atom. The van der Waals surface area contributed by atoms with Gasteiger partial charge in [0.2, 0.25) is 0 Å². The van der Waals surface area contributed by atoms with Gasteiger partial charge in [-0.3, -0.25) is 4.68 Å². The van der Waals surface area contributed by atoms with Crippen molar-refractivity contribution in [1.82, 2.24) is 19.3 Å². The molecule has 0 aromatic carbocycles. The number of rotatable bonds is 4. The first-order valence-corrected chi connectivity index (χ1v) is 5.44. The molecule has 0 amide bonds. The molecule has 5 nitrogen and oxygen atoms in total. The number of aryl methyl sites for hydroxylation is 2. The topological polar surface area (TPSA) is 47.7 Å². The molecule has 2 aromatic heterocycles. The van der Waals surface area contributed by atoms with Crippen molar-refractivity contribution < 1.29 is 0 Å². The van der Waals surface area contributed by atoms with E-state index < -0.39 is 0 Å². The van der Waals surface area contributed by atoms with Crippen molar-refractivity contribution in [3.63, 3.8) is 0 Å². The molecule has 2 aromatic rings. The van der Waals surface area contributed by atoms with Gasteiger partial charge in [-0.25, -0.2) is 4.98 Å². The highest BCUT2D eigenvalue weighted by Crippen LogP contribution is 2.19. The van der Waals surface area contributed by atoms with Gasteiger partial charge in [-0.2, -0.15) is 5.10 Å². The second kappa shape index (κ2) is 4.38. The summed E-state index contributed by atoms with van der Waals surface area (Å²) in [5.41, 5.74) is 0. The van der Waals surface area contributed by atoms with Crippen molar-refractivity contribution in [2.75, 3.05) is 5.32 Å². The summed E-state index contributed by atoms with van der Waals surface area (Å²) in [5, 5.41) is 7.57. The molecule has 0 saturated heterocycles. The van der Waals surface area contributed by atoms with Crippen LogP contribution in [0.2, 0.25) is 0 Å². The van der Waals surface area contributed by atoms with Gasteiger partial charge in [-0.15, -0.1) is 0 Å². The first-order chi connectivity index (χ1) is 7.72. The van der Waals surface area contributed by atoms with Crippen LogP contribution in [-0.4, -0.2) is 19.3 Å². The summed E-state index contributed by atoms with van der Waals surface area (Å²) in [6.07, 6.45) is 6.55. The van der Waals surface area contributed by atoms with Crippen molar-refractivity contribution >= 4 is 5.82 Å². The Labute approximate surface area is 95.1 Å². The van der Waals surface area contributed by atoms with Gasteiger partial charge in [0.25, 0.3) is 0 Å². The average Bonchev–Trinajstić information content (AvgIpc) is 2.85. The molecule has 1 N–H and O–H groups in total. The smallest absolute Gasteiger partial charge is 0.131 e. The lowest BCUT2D eigenvalue weighted by atomic mass is 10.2. The molecule has 1 unspecified atom stereocenters. The molecule has 86 valence electrons. The highest BCUT2D eigenvalue weighted by molar-refractivity contribution is 5.36. The Morgan fingerprint density at radius 3 is 2.69 bits per heavy atom. The number of anilines is 1. The molecule has 0 aliphatic heterocycles. The minimum Gasteiger partial charge on any atom is -0.360 e. The summed E-state index contributed by atoms with van der Waals surface area (Å²) in [5.74, 6) is 2.05. The fourth-order valence-electron chi connectivity index (χ4n) is 1.76. The van der Waals surface area contributed by atoms with Crippen LogP contribution in [0, 0.1) is 0 Å². The van der Waals surface area contributed by atoms with Crippen LogP contribution in [0.3, 0.4) is 0 Å². The molecule has 5 heteroatoms.